The summed E-state index contributed by atoms with van der Waals surface area (Å²) >= 11 is 1.80. The Morgan fingerprint density at radius 2 is 2.15 bits per heavy atom. The third-order valence-electron chi connectivity index (χ3n) is 4.87. The summed E-state index contributed by atoms with van der Waals surface area (Å²) in [4.78, 5) is 16.1. The van der Waals surface area contributed by atoms with Crippen molar-refractivity contribution in [2.45, 2.75) is 26.3 Å². The molecule has 1 aromatic carbocycles. The predicted octanol–water partition coefficient (Wildman–Crippen LogP) is 4.27. The molecule has 0 spiro atoms. The van der Waals surface area contributed by atoms with Crippen molar-refractivity contribution in [3.8, 4) is 11.3 Å². The van der Waals surface area contributed by atoms with E-state index in [1.54, 1.807) is 17.4 Å². The minimum Gasteiger partial charge on any atom is -0.338 e. The van der Waals surface area contributed by atoms with Crippen molar-refractivity contribution in [3.05, 3.63) is 57.8 Å². The minimum atomic E-state index is -0.0814. The second-order valence-electron chi connectivity index (χ2n) is 6.69. The van der Waals surface area contributed by atoms with E-state index in [0.29, 0.717) is 12.4 Å². The fourth-order valence-electron chi connectivity index (χ4n) is 3.33. The molecule has 5 nitrogen and oxygen atoms in total. The van der Waals surface area contributed by atoms with Crippen LogP contribution in [0.1, 0.15) is 29.0 Å². The minimum absolute atomic E-state index is 0.0814. The maximum Gasteiger partial charge on any atom is 0.240 e. The van der Waals surface area contributed by atoms with Crippen molar-refractivity contribution in [2.75, 3.05) is 18.4 Å². The van der Waals surface area contributed by atoms with Gasteiger partial charge in [0.25, 0.3) is 0 Å². The van der Waals surface area contributed by atoms with Crippen LogP contribution in [0.3, 0.4) is 0 Å². The van der Waals surface area contributed by atoms with Crippen LogP contribution in [-0.2, 0) is 11.2 Å². The van der Waals surface area contributed by atoms with E-state index >= 15 is 0 Å². The van der Waals surface area contributed by atoms with Crippen molar-refractivity contribution >= 4 is 23.1 Å². The van der Waals surface area contributed by atoms with E-state index in [1.807, 2.05) is 31.2 Å². The fourth-order valence-corrected chi connectivity index (χ4v) is 4.30. The summed E-state index contributed by atoms with van der Waals surface area (Å²) in [6.45, 7) is 5.44. The van der Waals surface area contributed by atoms with Crippen LogP contribution in [0, 0.1) is 6.92 Å². The van der Waals surface area contributed by atoms with Gasteiger partial charge in [-0.2, -0.15) is 0 Å². The van der Waals surface area contributed by atoms with Crippen LogP contribution in [0.2, 0.25) is 0 Å². The van der Waals surface area contributed by atoms with Gasteiger partial charge in [-0.05, 0) is 37.3 Å². The Hall–Kier alpha value is -2.44. The zero-order valence-electron chi connectivity index (χ0n) is 14.9. The molecule has 2 aromatic heterocycles. The Bertz CT molecular complexity index is 913. The SMILES string of the molecule is Cc1ccc(-c2cc(NC(=O)CN3CCc4sccc4[C@@H]3C)on2)cc1. The van der Waals surface area contributed by atoms with Gasteiger partial charge in [-0.1, -0.05) is 35.0 Å². The second kappa shape index (κ2) is 7.05. The molecule has 1 amide bonds. The van der Waals surface area contributed by atoms with Crippen molar-refractivity contribution in [2.24, 2.45) is 0 Å². The number of carbonyl (C=O) groups excluding carboxylic acids is 1. The zero-order valence-corrected chi connectivity index (χ0v) is 15.7. The summed E-state index contributed by atoms with van der Waals surface area (Å²) in [5.74, 6) is 0.300. The van der Waals surface area contributed by atoms with Gasteiger partial charge < -0.3 is 4.52 Å². The second-order valence-corrected chi connectivity index (χ2v) is 7.69. The van der Waals surface area contributed by atoms with E-state index in [1.165, 1.54) is 16.0 Å². The third kappa shape index (κ3) is 3.43. The number of rotatable bonds is 4. The summed E-state index contributed by atoms with van der Waals surface area (Å²) in [5, 5.41) is 9.00. The monoisotopic (exact) mass is 367 g/mol. The first-order valence-corrected chi connectivity index (χ1v) is 9.62. The van der Waals surface area contributed by atoms with Gasteiger partial charge in [-0.25, -0.2) is 0 Å². The van der Waals surface area contributed by atoms with Gasteiger partial charge >= 0.3 is 0 Å². The number of carbonyl (C=O) groups is 1. The first-order valence-electron chi connectivity index (χ1n) is 8.74. The zero-order chi connectivity index (χ0) is 18.1. The van der Waals surface area contributed by atoms with Gasteiger partial charge in [0.15, 0.2) is 0 Å². The molecule has 0 radical (unpaired) electrons. The highest BCUT2D eigenvalue weighted by Gasteiger charge is 2.26. The number of fused-ring (bicyclic) bond motifs is 1. The molecule has 0 fully saturated rings. The Morgan fingerprint density at radius 3 is 2.96 bits per heavy atom. The highest BCUT2D eigenvalue weighted by molar-refractivity contribution is 7.10. The third-order valence-corrected chi connectivity index (χ3v) is 5.87. The first-order chi connectivity index (χ1) is 12.6. The molecule has 0 unspecified atom stereocenters. The molecule has 0 bridgehead atoms. The average Bonchev–Trinajstić information content (AvgIpc) is 3.28. The maximum absolute atomic E-state index is 12.4. The van der Waals surface area contributed by atoms with Crippen LogP contribution in [0.4, 0.5) is 5.88 Å². The number of benzene rings is 1. The van der Waals surface area contributed by atoms with Gasteiger partial charge in [-0.15, -0.1) is 11.3 Å². The molecule has 4 rings (SSSR count). The van der Waals surface area contributed by atoms with Gasteiger partial charge in [0.05, 0.1) is 6.54 Å². The highest BCUT2D eigenvalue weighted by Crippen LogP contribution is 2.32. The predicted molar refractivity (Wildman–Crippen MR) is 103 cm³/mol. The number of nitrogens with one attached hydrogen (secondary N) is 1. The van der Waals surface area contributed by atoms with Crippen LogP contribution in [0.15, 0.2) is 46.3 Å². The molecule has 3 heterocycles. The molecule has 0 saturated carbocycles. The van der Waals surface area contributed by atoms with Crippen molar-refractivity contribution < 1.29 is 9.32 Å². The lowest BCUT2D eigenvalue weighted by atomic mass is 10.0. The summed E-state index contributed by atoms with van der Waals surface area (Å²) < 4.78 is 5.28. The largest absolute Gasteiger partial charge is 0.338 e. The van der Waals surface area contributed by atoms with E-state index in [9.17, 15) is 4.79 Å². The van der Waals surface area contributed by atoms with E-state index in [4.69, 9.17) is 4.52 Å². The quantitative estimate of drug-likeness (QED) is 0.748. The molecular weight excluding hydrogens is 346 g/mol. The van der Waals surface area contributed by atoms with Crippen molar-refractivity contribution in [1.82, 2.24) is 10.1 Å². The average molecular weight is 367 g/mol. The molecular formula is C20H21N3O2S. The normalized spacial score (nSPS) is 17.1. The number of amides is 1. The van der Waals surface area contributed by atoms with E-state index in [0.717, 1.165) is 24.2 Å². The van der Waals surface area contributed by atoms with Gasteiger partial charge in [0.2, 0.25) is 11.8 Å². The van der Waals surface area contributed by atoms with Crippen molar-refractivity contribution in [1.29, 1.82) is 0 Å². The molecule has 134 valence electrons. The number of aryl methyl sites for hydroxylation is 1. The van der Waals surface area contributed by atoms with Gasteiger partial charge in [0.1, 0.15) is 5.69 Å². The van der Waals surface area contributed by atoms with Gasteiger partial charge in [-0.3, -0.25) is 15.0 Å². The van der Waals surface area contributed by atoms with Crippen LogP contribution >= 0.6 is 11.3 Å². The molecule has 0 saturated heterocycles. The molecule has 26 heavy (non-hydrogen) atoms. The molecule has 1 N–H and O–H groups in total. The Morgan fingerprint density at radius 1 is 1.35 bits per heavy atom. The molecule has 1 aliphatic rings. The number of aromatic nitrogens is 1. The lowest BCUT2D eigenvalue weighted by Gasteiger charge is -2.32. The molecule has 1 atom stereocenters. The Labute approximate surface area is 156 Å². The summed E-state index contributed by atoms with van der Waals surface area (Å²) in [6.07, 6.45) is 1.00. The van der Waals surface area contributed by atoms with Crippen LogP contribution in [0.5, 0.6) is 0 Å². The van der Waals surface area contributed by atoms with E-state index < -0.39 is 0 Å². The number of hydrogen-bond acceptors (Lipinski definition) is 5. The summed E-state index contributed by atoms with van der Waals surface area (Å²) in [5.41, 5.74) is 4.22. The van der Waals surface area contributed by atoms with Crippen molar-refractivity contribution in [3.63, 3.8) is 0 Å². The molecule has 1 aliphatic heterocycles. The van der Waals surface area contributed by atoms with Gasteiger partial charge in [0, 0.05) is 29.1 Å². The molecule has 3 aromatic rings. The summed E-state index contributed by atoms with van der Waals surface area (Å²) in [7, 11) is 0. The highest BCUT2D eigenvalue weighted by atomic mass is 32.1. The number of thiophene rings is 1. The topological polar surface area (TPSA) is 58.4 Å². The lowest BCUT2D eigenvalue weighted by molar-refractivity contribution is -0.118. The standard InChI is InChI=1S/C20H21N3O2S/c1-13-3-5-15(6-4-13)17-11-20(25-22-17)21-19(24)12-23-9-7-18-16(14(23)2)8-10-26-18/h3-6,8,10-11,14H,7,9,12H2,1-2H3,(H,21,24)/t14-/m0/s1. The Balaban J connectivity index is 1.39. The van der Waals surface area contributed by atoms with Crippen LogP contribution in [0.25, 0.3) is 11.3 Å². The number of nitrogens with zero attached hydrogens (tertiary/aromatic N) is 2. The summed E-state index contributed by atoms with van der Waals surface area (Å²) in [6, 6.07) is 12.2. The smallest absolute Gasteiger partial charge is 0.240 e. The Kier molecular flexibility index (Phi) is 4.61. The molecule has 6 heteroatoms. The fraction of sp³-hybridized carbons (Fsp3) is 0.300. The van der Waals surface area contributed by atoms with Crippen LogP contribution < -0.4 is 5.32 Å². The van der Waals surface area contributed by atoms with E-state index in [2.05, 4.69) is 33.7 Å². The lowest BCUT2D eigenvalue weighted by Crippen LogP contribution is -2.39. The maximum atomic E-state index is 12.4. The van der Waals surface area contributed by atoms with E-state index in [-0.39, 0.29) is 11.9 Å². The molecule has 0 aliphatic carbocycles. The number of hydrogen-bond donors (Lipinski definition) is 1. The first kappa shape index (κ1) is 17.0. The van der Waals surface area contributed by atoms with Crippen LogP contribution in [-0.4, -0.2) is 29.1 Å². The number of anilines is 1.